The molecule has 0 aliphatic carbocycles. The first-order valence-electron chi connectivity index (χ1n) is 7.34. The molecule has 4 heteroatoms. The Morgan fingerprint density at radius 1 is 1.14 bits per heavy atom. The van der Waals surface area contributed by atoms with Crippen LogP contribution in [0.3, 0.4) is 0 Å². The molecule has 0 saturated heterocycles. The minimum absolute atomic E-state index is 0.0889. The first kappa shape index (κ1) is 18.2. The Labute approximate surface area is 135 Å². The lowest BCUT2D eigenvalue weighted by Crippen LogP contribution is -2.51. The maximum absolute atomic E-state index is 9.75. The summed E-state index contributed by atoms with van der Waals surface area (Å²) in [4.78, 5) is 0. The van der Waals surface area contributed by atoms with Gasteiger partial charge in [0.05, 0.1) is 5.92 Å². The molecule has 0 unspecified atom stereocenters. The van der Waals surface area contributed by atoms with E-state index in [9.17, 15) is 10.5 Å². The van der Waals surface area contributed by atoms with Crippen LogP contribution >= 0.6 is 0 Å². The van der Waals surface area contributed by atoms with E-state index in [0.29, 0.717) is 0 Å². The largest absolute Gasteiger partial charge is 0.388 e. The first-order chi connectivity index (χ1) is 10.1. The summed E-state index contributed by atoms with van der Waals surface area (Å²) in [5.74, 6) is -0.488. The van der Waals surface area contributed by atoms with Gasteiger partial charge in [0.1, 0.15) is 12.1 Å². The van der Waals surface area contributed by atoms with Gasteiger partial charge >= 0.3 is 0 Å². The van der Waals surface area contributed by atoms with E-state index in [1.165, 1.54) is 0 Å². The van der Waals surface area contributed by atoms with Crippen molar-refractivity contribution in [2.24, 2.45) is 0 Å². The van der Waals surface area contributed by atoms with E-state index in [0.717, 1.165) is 5.56 Å². The van der Waals surface area contributed by atoms with Crippen molar-refractivity contribution in [2.75, 3.05) is 0 Å². The molecule has 0 amide bonds. The Hall–Kier alpha value is -1.88. The summed E-state index contributed by atoms with van der Waals surface area (Å²) in [5.41, 5.74) is -0.689. The van der Waals surface area contributed by atoms with Crippen molar-refractivity contribution < 1.29 is 4.43 Å². The molecule has 116 valence electrons. The molecule has 1 aromatic carbocycles. The molecule has 0 heterocycles. The number of nitriles is 2. The molecule has 0 fully saturated rings. The Balaban J connectivity index is 3.36. The van der Waals surface area contributed by atoms with Crippen molar-refractivity contribution in [1.82, 2.24) is 0 Å². The van der Waals surface area contributed by atoms with Gasteiger partial charge in [0.15, 0.2) is 8.32 Å². The molecular formula is C18H24N2OSi. The molecule has 0 aliphatic rings. The molecule has 3 nitrogen and oxygen atoms in total. The van der Waals surface area contributed by atoms with Gasteiger partial charge in [-0.25, -0.2) is 0 Å². The van der Waals surface area contributed by atoms with Gasteiger partial charge in [-0.15, -0.1) is 6.58 Å². The fourth-order valence-electron chi connectivity index (χ4n) is 2.03. The second-order valence-electron chi connectivity index (χ2n) is 6.95. The van der Waals surface area contributed by atoms with Gasteiger partial charge in [-0.2, -0.15) is 10.5 Å². The topological polar surface area (TPSA) is 56.8 Å². The Bertz CT molecular complexity index is 589. The molecule has 1 aromatic rings. The van der Waals surface area contributed by atoms with E-state index in [1.54, 1.807) is 6.08 Å². The average molecular weight is 312 g/mol. The van der Waals surface area contributed by atoms with Crippen LogP contribution in [0, 0.1) is 22.7 Å². The predicted molar refractivity (Wildman–Crippen MR) is 91.6 cm³/mol. The predicted octanol–water partition coefficient (Wildman–Crippen LogP) is 4.76. The molecule has 0 bridgehead atoms. The molecule has 0 saturated carbocycles. The highest BCUT2D eigenvalue weighted by molar-refractivity contribution is 6.74. The van der Waals surface area contributed by atoms with Gasteiger partial charge in [0.2, 0.25) is 5.60 Å². The van der Waals surface area contributed by atoms with Gasteiger partial charge in [-0.3, -0.25) is 0 Å². The second kappa shape index (κ2) is 6.48. The van der Waals surface area contributed by atoms with Crippen LogP contribution in [-0.4, -0.2) is 13.9 Å². The minimum atomic E-state index is -2.29. The summed E-state index contributed by atoms with van der Waals surface area (Å²) >= 11 is 0. The monoisotopic (exact) mass is 312 g/mol. The smallest absolute Gasteiger partial charge is 0.242 e. The normalized spacial score (nSPS) is 13.8. The third-order valence-corrected chi connectivity index (χ3v) is 8.83. The number of nitrogens with zero attached hydrogens (tertiary/aromatic N) is 2. The summed E-state index contributed by atoms with van der Waals surface area (Å²) in [6.45, 7) is 14.2. The molecule has 1 atom stereocenters. The minimum Gasteiger partial charge on any atom is -0.388 e. The van der Waals surface area contributed by atoms with E-state index in [4.69, 9.17) is 4.43 Å². The summed E-state index contributed by atoms with van der Waals surface area (Å²) in [5, 5.41) is 19.4. The van der Waals surface area contributed by atoms with E-state index in [2.05, 4.69) is 39.5 Å². The van der Waals surface area contributed by atoms with Crippen LogP contribution in [0.1, 0.15) is 32.3 Å². The number of benzene rings is 1. The Kier molecular flexibility index (Phi) is 5.35. The summed E-state index contributed by atoms with van der Waals surface area (Å²) in [6.07, 6.45) is 1.63. The van der Waals surface area contributed by atoms with Crippen molar-refractivity contribution in [3.8, 4) is 12.1 Å². The maximum Gasteiger partial charge on any atom is 0.242 e. The van der Waals surface area contributed by atoms with Crippen molar-refractivity contribution in [3.05, 3.63) is 48.6 Å². The van der Waals surface area contributed by atoms with Crippen LogP contribution in [0.2, 0.25) is 18.1 Å². The third kappa shape index (κ3) is 3.47. The number of rotatable bonds is 5. The van der Waals surface area contributed by atoms with Crippen molar-refractivity contribution in [1.29, 1.82) is 10.5 Å². The fraction of sp³-hybridized carbons (Fsp3) is 0.444. The van der Waals surface area contributed by atoms with Crippen LogP contribution in [0.5, 0.6) is 0 Å². The SMILES string of the molecule is C=C[C@H](c1ccccc1)C(C#N)(C#N)O[Si](C)(C)C(C)(C)C. The lowest BCUT2D eigenvalue weighted by Gasteiger charge is -2.42. The van der Waals surface area contributed by atoms with Gasteiger partial charge in [0.25, 0.3) is 0 Å². The van der Waals surface area contributed by atoms with Crippen molar-refractivity contribution in [3.63, 3.8) is 0 Å². The summed E-state index contributed by atoms with van der Waals surface area (Å²) < 4.78 is 6.24. The molecule has 0 aromatic heterocycles. The second-order valence-corrected chi connectivity index (χ2v) is 11.7. The maximum atomic E-state index is 9.75. The molecule has 0 radical (unpaired) electrons. The standard InChI is InChI=1S/C18H24N2OSi/c1-7-16(15-11-9-8-10-12-15)18(13-19,14-20)21-22(5,6)17(2,3)4/h7-12,16H,1H2,2-6H3/t16-/m1/s1. The molecular weight excluding hydrogens is 288 g/mol. The average Bonchev–Trinajstić information content (AvgIpc) is 2.46. The first-order valence-corrected chi connectivity index (χ1v) is 10.2. The summed E-state index contributed by atoms with van der Waals surface area (Å²) in [6, 6.07) is 13.7. The molecule has 0 N–H and O–H groups in total. The lowest BCUT2D eigenvalue weighted by molar-refractivity contribution is 0.150. The van der Waals surface area contributed by atoms with Gasteiger partial charge < -0.3 is 4.43 Å². The van der Waals surface area contributed by atoms with Crippen molar-refractivity contribution in [2.45, 2.75) is 50.4 Å². The molecule has 1 rings (SSSR count). The Morgan fingerprint density at radius 3 is 2.00 bits per heavy atom. The van der Waals surface area contributed by atoms with Gasteiger partial charge in [-0.05, 0) is 23.7 Å². The van der Waals surface area contributed by atoms with Crippen LogP contribution < -0.4 is 0 Å². The quantitative estimate of drug-likeness (QED) is 0.581. The van der Waals surface area contributed by atoms with E-state index in [-0.39, 0.29) is 5.04 Å². The zero-order valence-corrected chi connectivity index (χ0v) is 15.1. The van der Waals surface area contributed by atoms with Crippen LogP contribution in [0.4, 0.5) is 0 Å². The highest BCUT2D eigenvalue weighted by atomic mass is 28.4. The Morgan fingerprint density at radius 2 is 1.64 bits per heavy atom. The van der Waals surface area contributed by atoms with E-state index < -0.39 is 19.8 Å². The zero-order chi connectivity index (χ0) is 17.0. The third-order valence-electron chi connectivity index (χ3n) is 4.39. The van der Waals surface area contributed by atoms with Crippen LogP contribution in [-0.2, 0) is 4.43 Å². The van der Waals surface area contributed by atoms with Gasteiger partial charge in [0, 0.05) is 0 Å². The zero-order valence-electron chi connectivity index (χ0n) is 14.1. The summed E-state index contributed by atoms with van der Waals surface area (Å²) in [7, 11) is -2.29. The molecule has 0 spiro atoms. The number of hydrogen-bond acceptors (Lipinski definition) is 3. The van der Waals surface area contributed by atoms with E-state index in [1.807, 2.05) is 43.4 Å². The number of hydrogen-bond donors (Lipinski definition) is 0. The molecule has 22 heavy (non-hydrogen) atoms. The fourth-order valence-corrected chi connectivity index (χ4v) is 3.36. The highest BCUT2D eigenvalue weighted by Gasteiger charge is 2.49. The van der Waals surface area contributed by atoms with Crippen LogP contribution in [0.15, 0.2) is 43.0 Å². The van der Waals surface area contributed by atoms with Gasteiger partial charge in [-0.1, -0.05) is 57.2 Å². The van der Waals surface area contributed by atoms with Crippen molar-refractivity contribution >= 4 is 8.32 Å². The van der Waals surface area contributed by atoms with Crippen LogP contribution in [0.25, 0.3) is 0 Å². The highest BCUT2D eigenvalue weighted by Crippen LogP contribution is 2.43. The van der Waals surface area contributed by atoms with E-state index >= 15 is 0 Å². The lowest BCUT2D eigenvalue weighted by atomic mass is 9.84. The molecule has 0 aliphatic heterocycles.